The Hall–Kier alpha value is -1.42. The van der Waals surface area contributed by atoms with Crippen molar-refractivity contribution < 1.29 is 9.18 Å². The SMILES string of the molecule is O=C(CC1(F)CCNC1)Nc1ccccc1. The van der Waals surface area contributed by atoms with Crippen molar-refractivity contribution in [3.8, 4) is 0 Å². The summed E-state index contributed by atoms with van der Waals surface area (Å²) in [7, 11) is 0. The number of rotatable bonds is 3. The molecule has 0 aromatic heterocycles. The van der Waals surface area contributed by atoms with Crippen LogP contribution in [0.2, 0.25) is 0 Å². The number of alkyl halides is 1. The smallest absolute Gasteiger partial charge is 0.227 e. The van der Waals surface area contributed by atoms with Crippen molar-refractivity contribution >= 4 is 11.6 Å². The highest BCUT2D eigenvalue weighted by atomic mass is 19.1. The first-order valence-corrected chi connectivity index (χ1v) is 5.43. The van der Waals surface area contributed by atoms with E-state index in [2.05, 4.69) is 10.6 Å². The van der Waals surface area contributed by atoms with E-state index in [0.717, 1.165) is 0 Å². The molecule has 1 saturated heterocycles. The number of amides is 1. The largest absolute Gasteiger partial charge is 0.326 e. The van der Waals surface area contributed by atoms with Gasteiger partial charge in [-0.2, -0.15) is 0 Å². The van der Waals surface area contributed by atoms with Gasteiger partial charge in [-0.1, -0.05) is 18.2 Å². The van der Waals surface area contributed by atoms with Gasteiger partial charge in [0.15, 0.2) is 0 Å². The number of halogens is 1. The number of carbonyl (C=O) groups excluding carboxylic acids is 1. The Labute approximate surface area is 94.0 Å². The molecule has 1 aromatic rings. The molecule has 1 unspecified atom stereocenters. The van der Waals surface area contributed by atoms with E-state index < -0.39 is 5.67 Å². The fourth-order valence-electron chi connectivity index (χ4n) is 1.88. The highest BCUT2D eigenvalue weighted by Gasteiger charge is 2.35. The van der Waals surface area contributed by atoms with Gasteiger partial charge in [0.05, 0.1) is 6.42 Å². The van der Waals surface area contributed by atoms with Gasteiger partial charge in [0.25, 0.3) is 0 Å². The monoisotopic (exact) mass is 222 g/mol. The summed E-state index contributed by atoms with van der Waals surface area (Å²) in [6.07, 6.45) is 0.337. The summed E-state index contributed by atoms with van der Waals surface area (Å²) in [6, 6.07) is 9.11. The Kier molecular flexibility index (Phi) is 3.19. The zero-order valence-corrected chi connectivity index (χ0v) is 9.00. The molecule has 4 heteroatoms. The van der Waals surface area contributed by atoms with Crippen LogP contribution >= 0.6 is 0 Å². The Morgan fingerprint density at radius 1 is 1.44 bits per heavy atom. The van der Waals surface area contributed by atoms with Crippen molar-refractivity contribution in [2.24, 2.45) is 0 Å². The topological polar surface area (TPSA) is 41.1 Å². The highest BCUT2D eigenvalue weighted by molar-refractivity contribution is 5.91. The quantitative estimate of drug-likeness (QED) is 0.817. The third-order valence-corrected chi connectivity index (χ3v) is 2.73. The van der Waals surface area contributed by atoms with Gasteiger partial charge in [-0.05, 0) is 25.1 Å². The molecule has 3 nitrogen and oxygen atoms in total. The predicted octanol–water partition coefficient (Wildman–Crippen LogP) is 1.72. The molecule has 16 heavy (non-hydrogen) atoms. The van der Waals surface area contributed by atoms with Crippen molar-refractivity contribution in [2.45, 2.75) is 18.5 Å². The number of carbonyl (C=O) groups is 1. The van der Waals surface area contributed by atoms with Crippen molar-refractivity contribution in [1.29, 1.82) is 0 Å². The second-order valence-electron chi connectivity index (χ2n) is 4.17. The molecular weight excluding hydrogens is 207 g/mol. The Balaban J connectivity index is 1.89. The van der Waals surface area contributed by atoms with Gasteiger partial charge in [-0.25, -0.2) is 4.39 Å². The van der Waals surface area contributed by atoms with Crippen molar-refractivity contribution in [3.63, 3.8) is 0 Å². The van der Waals surface area contributed by atoms with Crippen LogP contribution in [0.15, 0.2) is 30.3 Å². The number of hydrogen-bond donors (Lipinski definition) is 2. The van der Waals surface area contributed by atoms with E-state index in [0.29, 0.717) is 18.7 Å². The fraction of sp³-hybridized carbons (Fsp3) is 0.417. The molecule has 0 spiro atoms. The average Bonchev–Trinajstić information content (AvgIpc) is 2.66. The van der Waals surface area contributed by atoms with Crippen LogP contribution in [-0.4, -0.2) is 24.7 Å². The van der Waals surface area contributed by atoms with Gasteiger partial charge in [0.2, 0.25) is 5.91 Å². The van der Waals surface area contributed by atoms with Gasteiger partial charge >= 0.3 is 0 Å². The molecule has 2 rings (SSSR count). The number of benzene rings is 1. The van der Waals surface area contributed by atoms with E-state index in [9.17, 15) is 9.18 Å². The van der Waals surface area contributed by atoms with Crippen LogP contribution in [0.3, 0.4) is 0 Å². The zero-order valence-electron chi connectivity index (χ0n) is 9.00. The van der Waals surface area contributed by atoms with Gasteiger partial charge in [0, 0.05) is 12.2 Å². The first-order valence-electron chi connectivity index (χ1n) is 5.43. The molecule has 1 amide bonds. The first-order chi connectivity index (χ1) is 7.68. The predicted molar refractivity (Wildman–Crippen MR) is 61.0 cm³/mol. The summed E-state index contributed by atoms with van der Waals surface area (Å²) in [4.78, 5) is 11.6. The van der Waals surface area contributed by atoms with E-state index in [-0.39, 0.29) is 18.9 Å². The molecule has 86 valence electrons. The van der Waals surface area contributed by atoms with Gasteiger partial charge < -0.3 is 10.6 Å². The second-order valence-corrected chi connectivity index (χ2v) is 4.17. The lowest BCUT2D eigenvalue weighted by atomic mass is 10.0. The number of anilines is 1. The van der Waals surface area contributed by atoms with Crippen molar-refractivity contribution in [3.05, 3.63) is 30.3 Å². The lowest BCUT2D eigenvalue weighted by molar-refractivity contribution is -0.118. The van der Waals surface area contributed by atoms with Crippen LogP contribution in [0.25, 0.3) is 0 Å². The standard InChI is InChI=1S/C12H15FN2O/c13-12(6-7-14-9-12)8-11(16)15-10-4-2-1-3-5-10/h1-5,14H,6-9H2,(H,15,16). The highest BCUT2D eigenvalue weighted by Crippen LogP contribution is 2.24. The summed E-state index contributed by atoms with van der Waals surface area (Å²) in [5, 5.41) is 5.61. The number of para-hydroxylation sites is 1. The second kappa shape index (κ2) is 4.61. The Bertz CT molecular complexity index is 361. The molecular formula is C12H15FN2O. The summed E-state index contributed by atoms with van der Waals surface area (Å²) >= 11 is 0. The van der Waals surface area contributed by atoms with E-state index in [1.807, 2.05) is 18.2 Å². The average molecular weight is 222 g/mol. The Morgan fingerprint density at radius 3 is 2.81 bits per heavy atom. The van der Waals surface area contributed by atoms with Crippen LogP contribution < -0.4 is 10.6 Å². The molecule has 1 aromatic carbocycles. The Morgan fingerprint density at radius 2 is 2.19 bits per heavy atom. The third-order valence-electron chi connectivity index (χ3n) is 2.73. The zero-order chi connectivity index (χ0) is 11.4. The molecule has 1 aliphatic rings. The molecule has 2 N–H and O–H groups in total. The van der Waals surface area contributed by atoms with Gasteiger partial charge in [-0.3, -0.25) is 4.79 Å². The van der Waals surface area contributed by atoms with Crippen molar-refractivity contribution in [2.75, 3.05) is 18.4 Å². The molecule has 1 heterocycles. The lowest BCUT2D eigenvalue weighted by Gasteiger charge is -2.17. The van der Waals surface area contributed by atoms with Crippen LogP contribution in [0.4, 0.5) is 10.1 Å². The normalized spacial score (nSPS) is 24.3. The van der Waals surface area contributed by atoms with E-state index in [4.69, 9.17) is 0 Å². The molecule has 1 fully saturated rings. The third kappa shape index (κ3) is 2.79. The number of hydrogen-bond acceptors (Lipinski definition) is 2. The minimum absolute atomic E-state index is 0.0745. The maximum atomic E-state index is 13.9. The molecule has 0 bridgehead atoms. The summed E-state index contributed by atoms with van der Waals surface area (Å²) < 4.78 is 13.9. The fourth-order valence-corrected chi connectivity index (χ4v) is 1.88. The summed E-state index contributed by atoms with van der Waals surface area (Å²) in [5.41, 5.74) is -0.666. The van der Waals surface area contributed by atoms with Crippen LogP contribution in [0, 0.1) is 0 Å². The molecule has 0 aliphatic carbocycles. The van der Waals surface area contributed by atoms with E-state index in [1.54, 1.807) is 12.1 Å². The van der Waals surface area contributed by atoms with E-state index in [1.165, 1.54) is 0 Å². The maximum Gasteiger partial charge on any atom is 0.227 e. The molecule has 1 atom stereocenters. The molecule has 0 saturated carbocycles. The van der Waals surface area contributed by atoms with Gasteiger partial charge in [0.1, 0.15) is 5.67 Å². The van der Waals surface area contributed by atoms with E-state index >= 15 is 0 Å². The molecule has 0 radical (unpaired) electrons. The minimum Gasteiger partial charge on any atom is -0.326 e. The van der Waals surface area contributed by atoms with Crippen LogP contribution in [0.1, 0.15) is 12.8 Å². The van der Waals surface area contributed by atoms with Crippen LogP contribution in [0.5, 0.6) is 0 Å². The van der Waals surface area contributed by atoms with Crippen LogP contribution in [-0.2, 0) is 4.79 Å². The summed E-state index contributed by atoms with van der Waals surface area (Å²) in [5.74, 6) is -0.266. The minimum atomic E-state index is -1.38. The van der Waals surface area contributed by atoms with Gasteiger partial charge in [-0.15, -0.1) is 0 Å². The first kappa shape index (κ1) is 11.1. The lowest BCUT2D eigenvalue weighted by Crippen LogP contribution is -2.31. The summed E-state index contributed by atoms with van der Waals surface area (Å²) in [6.45, 7) is 0.921. The maximum absolute atomic E-state index is 13.9. The number of nitrogens with one attached hydrogen (secondary N) is 2. The van der Waals surface area contributed by atoms with Crippen molar-refractivity contribution in [1.82, 2.24) is 5.32 Å². The molecule has 1 aliphatic heterocycles.